The van der Waals surface area contributed by atoms with Crippen molar-refractivity contribution in [2.24, 2.45) is 7.05 Å². The Bertz CT molecular complexity index is 1080. The van der Waals surface area contributed by atoms with Crippen LogP contribution in [0.15, 0.2) is 66.9 Å². The van der Waals surface area contributed by atoms with E-state index < -0.39 is 15.6 Å². The largest absolute Gasteiger partial charge is 0.741 e. The van der Waals surface area contributed by atoms with Gasteiger partial charge in [0, 0.05) is 17.7 Å². The van der Waals surface area contributed by atoms with Gasteiger partial charge in [0.25, 0.3) is 5.91 Å². The number of halogens is 3. The Balaban J connectivity index is 0.000000300. The molecule has 0 unspecified atom stereocenters. The zero-order valence-corrected chi connectivity index (χ0v) is 15.3. The van der Waals surface area contributed by atoms with Crippen LogP contribution in [0.25, 0.3) is 10.9 Å². The highest BCUT2D eigenvalue weighted by Gasteiger charge is 2.36. The molecule has 0 fully saturated rings. The number of aromatic nitrogens is 1. The molecular weight excluding hydrogens is 397 g/mol. The molecule has 2 aromatic carbocycles. The summed E-state index contributed by atoms with van der Waals surface area (Å²) in [6.45, 7) is 0. The molecule has 3 aromatic rings. The monoisotopic (exact) mass is 412 g/mol. The second-order valence-electron chi connectivity index (χ2n) is 5.58. The minimum absolute atomic E-state index is 0.0930. The molecule has 0 aliphatic rings. The van der Waals surface area contributed by atoms with Crippen molar-refractivity contribution >= 4 is 32.6 Å². The molecule has 1 N–H and O–H groups in total. The molecule has 0 spiro atoms. The first-order valence-corrected chi connectivity index (χ1v) is 9.17. The zero-order chi connectivity index (χ0) is 20.9. The fourth-order valence-electron chi connectivity index (χ4n) is 2.28. The molecule has 0 aliphatic carbocycles. The number of hydrogen-bond acceptors (Lipinski definition) is 4. The molecule has 1 aromatic heterocycles. The highest BCUT2D eigenvalue weighted by Crippen LogP contribution is 2.21. The highest BCUT2D eigenvalue weighted by atomic mass is 32.2. The van der Waals surface area contributed by atoms with Crippen molar-refractivity contribution in [1.82, 2.24) is 0 Å². The Morgan fingerprint density at radius 1 is 1.00 bits per heavy atom. The third-order valence-electron chi connectivity index (χ3n) is 3.60. The second kappa shape index (κ2) is 8.36. The quantitative estimate of drug-likeness (QED) is 0.398. The number of aryl methyl sites for hydroxylation is 1. The number of benzene rings is 2. The highest BCUT2D eigenvalue weighted by molar-refractivity contribution is 7.86. The molecule has 148 valence electrons. The van der Waals surface area contributed by atoms with Crippen LogP contribution >= 0.6 is 0 Å². The number of pyridine rings is 1. The maximum atomic E-state index is 12.2. The van der Waals surface area contributed by atoms with Crippen molar-refractivity contribution in [1.29, 1.82) is 0 Å². The van der Waals surface area contributed by atoms with Gasteiger partial charge in [-0.25, -0.2) is 13.0 Å². The predicted octanol–water partition coefficient (Wildman–Crippen LogP) is 2.97. The molecule has 1 heterocycles. The number of carbonyl (C=O) groups excluding carboxylic acids is 1. The molecule has 3 rings (SSSR count). The number of nitrogens with one attached hydrogen (secondary N) is 1. The Morgan fingerprint density at radius 2 is 1.61 bits per heavy atom. The van der Waals surface area contributed by atoms with Gasteiger partial charge in [-0.15, -0.1) is 0 Å². The summed E-state index contributed by atoms with van der Waals surface area (Å²) in [6, 6.07) is 19.1. The van der Waals surface area contributed by atoms with Crippen LogP contribution < -0.4 is 9.88 Å². The van der Waals surface area contributed by atoms with Gasteiger partial charge < -0.3 is 9.87 Å². The minimum Gasteiger partial charge on any atom is -0.741 e. The molecule has 10 heteroatoms. The molecule has 6 nitrogen and oxygen atoms in total. The summed E-state index contributed by atoms with van der Waals surface area (Å²) in [5, 5.41) is 4.01. The van der Waals surface area contributed by atoms with Crippen LogP contribution in [0.1, 0.15) is 10.4 Å². The maximum Gasteiger partial charge on any atom is 0.485 e. The first-order valence-electron chi connectivity index (χ1n) is 7.76. The predicted molar refractivity (Wildman–Crippen MR) is 95.3 cm³/mol. The summed E-state index contributed by atoms with van der Waals surface area (Å²) in [7, 11) is -4.10. The Kier molecular flexibility index (Phi) is 6.37. The molecule has 0 radical (unpaired) electrons. The van der Waals surface area contributed by atoms with Gasteiger partial charge in [-0.05, 0) is 24.3 Å². The van der Waals surface area contributed by atoms with E-state index >= 15 is 0 Å². The maximum absolute atomic E-state index is 12.2. The summed E-state index contributed by atoms with van der Waals surface area (Å²) in [5.41, 5.74) is -3.08. The lowest BCUT2D eigenvalue weighted by atomic mass is 10.1. The summed E-state index contributed by atoms with van der Waals surface area (Å²) in [5.74, 6) is -0.0930. The lowest BCUT2D eigenvalue weighted by Gasteiger charge is -2.08. The van der Waals surface area contributed by atoms with Crippen LogP contribution in [0.4, 0.5) is 18.9 Å². The topological polar surface area (TPSA) is 90.2 Å². The molecular formula is C18H15F3N2O4S. The molecule has 0 saturated carbocycles. The number of hydrogen-bond donors (Lipinski definition) is 1. The summed E-state index contributed by atoms with van der Waals surface area (Å²) < 4.78 is 60.9. The molecule has 28 heavy (non-hydrogen) atoms. The van der Waals surface area contributed by atoms with Crippen LogP contribution in [0, 0.1) is 0 Å². The Hall–Kier alpha value is -2.98. The van der Waals surface area contributed by atoms with Crippen molar-refractivity contribution < 1.29 is 35.5 Å². The summed E-state index contributed by atoms with van der Waals surface area (Å²) >= 11 is 0. The van der Waals surface area contributed by atoms with Gasteiger partial charge in [0.05, 0.1) is 11.1 Å². The smallest absolute Gasteiger partial charge is 0.485 e. The Labute approximate surface area is 159 Å². The zero-order valence-electron chi connectivity index (χ0n) is 14.5. The Morgan fingerprint density at radius 3 is 2.18 bits per heavy atom. The van der Waals surface area contributed by atoms with E-state index in [-0.39, 0.29) is 5.91 Å². The number of amides is 1. The van der Waals surface area contributed by atoms with Crippen molar-refractivity contribution in [3.05, 3.63) is 72.4 Å². The van der Waals surface area contributed by atoms with Crippen molar-refractivity contribution in [3.8, 4) is 0 Å². The van der Waals surface area contributed by atoms with Gasteiger partial charge in [-0.3, -0.25) is 4.79 Å². The van der Waals surface area contributed by atoms with Gasteiger partial charge >= 0.3 is 5.51 Å². The summed E-state index contributed by atoms with van der Waals surface area (Å²) in [6.07, 6.45) is 1.99. The number of rotatable bonds is 2. The van der Waals surface area contributed by atoms with Gasteiger partial charge in [0.2, 0.25) is 5.52 Å². The first-order chi connectivity index (χ1) is 13.0. The first kappa shape index (κ1) is 21.3. The fraction of sp³-hybridized carbons (Fsp3) is 0.111. The lowest BCUT2D eigenvalue weighted by Crippen LogP contribution is -2.28. The third kappa shape index (κ3) is 5.27. The van der Waals surface area contributed by atoms with E-state index in [2.05, 4.69) is 5.32 Å². The van der Waals surface area contributed by atoms with Crippen LogP contribution in [-0.2, 0) is 17.2 Å². The minimum atomic E-state index is -6.09. The van der Waals surface area contributed by atoms with E-state index in [1.807, 2.05) is 66.3 Å². The number of nitrogens with zero attached hydrogens (tertiary/aromatic N) is 1. The second-order valence-corrected chi connectivity index (χ2v) is 6.95. The average molecular weight is 412 g/mol. The molecule has 0 aliphatic heterocycles. The van der Waals surface area contributed by atoms with Gasteiger partial charge in [0.15, 0.2) is 16.3 Å². The SMILES string of the molecule is C[n+]1cccc2c(NC(=O)c3ccccc3)cccc21.O=S(=O)([O-])C(F)(F)F. The standard InChI is InChI=1S/C17H14N2O.CHF3O3S/c1-19-12-6-9-14-15(10-5-11-16(14)19)18-17(20)13-7-3-2-4-8-13;2-1(3,4)8(5,6)7/h2-12H,1H3;(H,5,6,7). The summed E-state index contributed by atoms with van der Waals surface area (Å²) in [4.78, 5) is 12.2. The third-order valence-corrected chi connectivity index (χ3v) is 4.17. The lowest BCUT2D eigenvalue weighted by molar-refractivity contribution is -0.644. The van der Waals surface area contributed by atoms with E-state index in [0.29, 0.717) is 5.56 Å². The van der Waals surface area contributed by atoms with Crippen LogP contribution in [0.3, 0.4) is 0 Å². The van der Waals surface area contributed by atoms with Crippen LogP contribution in [0.2, 0.25) is 0 Å². The van der Waals surface area contributed by atoms with E-state index in [1.54, 1.807) is 12.1 Å². The molecule has 1 amide bonds. The number of anilines is 1. The number of fused-ring (bicyclic) bond motifs is 1. The van der Waals surface area contributed by atoms with Crippen LogP contribution in [0.5, 0.6) is 0 Å². The molecule has 0 bridgehead atoms. The van der Waals surface area contributed by atoms with E-state index in [9.17, 15) is 18.0 Å². The van der Waals surface area contributed by atoms with Gasteiger partial charge in [0.1, 0.15) is 7.05 Å². The van der Waals surface area contributed by atoms with Gasteiger partial charge in [-0.1, -0.05) is 24.3 Å². The van der Waals surface area contributed by atoms with Crippen molar-refractivity contribution in [2.75, 3.05) is 5.32 Å². The van der Waals surface area contributed by atoms with Gasteiger partial charge in [-0.2, -0.15) is 13.2 Å². The number of carbonyl (C=O) groups is 1. The van der Waals surface area contributed by atoms with E-state index in [1.165, 1.54) is 0 Å². The molecule has 0 atom stereocenters. The fourth-order valence-corrected chi connectivity index (χ4v) is 2.28. The average Bonchev–Trinajstić information content (AvgIpc) is 2.62. The van der Waals surface area contributed by atoms with Crippen molar-refractivity contribution in [2.45, 2.75) is 5.51 Å². The van der Waals surface area contributed by atoms with Crippen molar-refractivity contribution in [3.63, 3.8) is 0 Å². The number of alkyl halides is 3. The van der Waals surface area contributed by atoms with Crippen LogP contribution in [-0.4, -0.2) is 24.4 Å². The molecule has 0 saturated heterocycles. The van der Waals surface area contributed by atoms with E-state index in [4.69, 9.17) is 13.0 Å². The van der Waals surface area contributed by atoms with E-state index in [0.717, 1.165) is 16.6 Å². The normalized spacial score (nSPS) is 11.5.